The highest BCUT2D eigenvalue weighted by atomic mass is 15.1. The third-order valence-electron chi connectivity index (χ3n) is 3.22. The fourth-order valence-corrected chi connectivity index (χ4v) is 1.78. The largest absolute Gasteiger partial charge is 0.306 e. The molecule has 1 rings (SSSR count). The summed E-state index contributed by atoms with van der Waals surface area (Å²) in [5.74, 6) is 0. The molecule has 1 fully saturated rings. The van der Waals surface area contributed by atoms with Crippen molar-refractivity contribution in [1.29, 1.82) is 5.26 Å². The Hall–Kier alpha value is -0.590. The van der Waals surface area contributed by atoms with Crippen LogP contribution in [0.2, 0.25) is 0 Å². The molecule has 14 heavy (non-hydrogen) atoms. The van der Waals surface area contributed by atoms with Crippen molar-refractivity contribution in [3.63, 3.8) is 0 Å². The minimum Gasteiger partial charge on any atom is -0.306 e. The zero-order valence-corrected chi connectivity index (χ0v) is 9.51. The summed E-state index contributed by atoms with van der Waals surface area (Å²) in [4.78, 5) is 2.37. The highest BCUT2D eigenvalue weighted by Crippen LogP contribution is 2.29. The third-order valence-corrected chi connectivity index (χ3v) is 3.22. The quantitative estimate of drug-likeness (QED) is 0.736. The molecule has 1 atom stereocenters. The summed E-state index contributed by atoms with van der Waals surface area (Å²) in [6, 6.07) is 2.19. The molecule has 0 spiro atoms. The normalized spacial score (nSPS) is 24.1. The van der Waals surface area contributed by atoms with Crippen molar-refractivity contribution in [3.05, 3.63) is 0 Å². The van der Waals surface area contributed by atoms with Gasteiger partial charge in [-0.25, -0.2) is 0 Å². The molecule has 1 saturated heterocycles. The molecule has 0 aromatic rings. The lowest BCUT2D eigenvalue weighted by atomic mass is 9.80. The first kappa shape index (κ1) is 11.5. The van der Waals surface area contributed by atoms with Crippen molar-refractivity contribution in [2.75, 3.05) is 26.7 Å². The average Bonchev–Trinajstić information content (AvgIpc) is 2.20. The maximum atomic E-state index is 8.67. The summed E-state index contributed by atoms with van der Waals surface area (Å²) >= 11 is 0. The van der Waals surface area contributed by atoms with E-state index in [1.54, 1.807) is 0 Å². The number of nitrogens with zero attached hydrogens (tertiary/aromatic N) is 2. The lowest BCUT2D eigenvalue weighted by Crippen LogP contribution is -2.43. The van der Waals surface area contributed by atoms with Gasteiger partial charge in [0.2, 0.25) is 0 Å². The predicted octanol–water partition coefficient (Wildman–Crippen LogP) is 1.22. The molecule has 1 N–H and O–H groups in total. The zero-order chi connectivity index (χ0) is 10.6. The first-order chi connectivity index (χ1) is 6.56. The highest BCUT2D eigenvalue weighted by molar-refractivity contribution is 4.89. The van der Waals surface area contributed by atoms with Gasteiger partial charge >= 0.3 is 0 Å². The molecular weight excluding hydrogens is 174 g/mol. The van der Waals surface area contributed by atoms with E-state index in [1.165, 1.54) is 25.9 Å². The maximum absolute atomic E-state index is 8.67. The van der Waals surface area contributed by atoms with E-state index in [9.17, 15) is 0 Å². The van der Waals surface area contributed by atoms with Gasteiger partial charge in [0.1, 0.15) is 0 Å². The number of hydrogen-bond donors (Lipinski definition) is 1. The lowest BCUT2D eigenvalue weighted by Gasteiger charge is -2.38. The summed E-state index contributed by atoms with van der Waals surface area (Å²) in [6.45, 7) is 7.56. The molecule has 0 radical (unpaired) electrons. The lowest BCUT2D eigenvalue weighted by molar-refractivity contribution is 0.136. The first-order valence-electron chi connectivity index (χ1n) is 5.37. The minimum atomic E-state index is -0.0218. The van der Waals surface area contributed by atoms with Crippen LogP contribution in [0.15, 0.2) is 0 Å². The summed E-state index contributed by atoms with van der Waals surface area (Å²) in [6.07, 6.45) is 2.46. The molecule has 0 saturated carbocycles. The number of likely N-dealkylation sites (tertiary alicyclic amines) is 1. The van der Waals surface area contributed by atoms with Crippen LogP contribution in [-0.4, -0.2) is 37.6 Å². The Balaban J connectivity index is 2.32. The molecule has 3 heteroatoms. The predicted molar refractivity (Wildman–Crippen MR) is 57.9 cm³/mol. The van der Waals surface area contributed by atoms with Gasteiger partial charge in [-0.2, -0.15) is 5.26 Å². The number of hydrogen-bond acceptors (Lipinski definition) is 3. The van der Waals surface area contributed by atoms with Crippen LogP contribution in [0.1, 0.15) is 26.7 Å². The van der Waals surface area contributed by atoms with Crippen molar-refractivity contribution in [3.8, 4) is 6.07 Å². The topological polar surface area (TPSA) is 39.1 Å². The highest BCUT2D eigenvalue weighted by Gasteiger charge is 2.28. The monoisotopic (exact) mass is 195 g/mol. The molecule has 1 unspecified atom stereocenters. The summed E-state index contributed by atoms with van der Waals surface area (Å²) in [5.41, 5.74) is 0.387. The van der Waals surface area contributed by atoms with Crippen molar-refractivity contribution < 1.29 is 0 Å². The fraction of sp³-hybridized carbons (Fsp3) is 0.909. The molecule has 1 aliphatic rings. The van der Waals surface area contributed by atoms with Crippen LogP contribution in [0.5, 0.6) is 0 Å². The number of nitrogens with one attached hydrogen (secondary N) is 1. The van der Waals surface area contributed by atoms with Crippen molar-refractivity contribution in [2.24, 2.45) is 5.41 Å². The number of piperidine rings is 1. The molecule has 0 aliphatic carbocycles. The molecule has 3 nitrogen and oxygen atoms in total. The average molecular weight is 195 g/mol. The third kappa shape index (κ3) is 3.28. The SMILES string of the molecule is CC(C#N)NCC1(C)CCN(C)CC1. The van der Waals surface area contributed by atoms with Gasteiger partial charge in [0.05, 0.1) is 12.1 Å². The van der Waals surface area contributed by atoms with Crippen LogP contribution >= 0.6 is 0 Å². The minimum absolute atomic E-state index is 0.0218. The van der Waals surface area contributed by atoms with Crippen LogP contribution < -0.4 is 5.32 Å². The Morgan fingerprint density at radius 1 is 1.50 bits per heavy atom. The second-order valence-corrected chi connectivity index (χ2v) is 4.85. The summed E-state index contributed by atoms with van der Waals surface area (Å²) in [7, 11) is 2.17. The second kappa shape index (κ2) is 4.77. The van der Waals surface area contributed by atoms with E-state index in [0.29, 0.717) is 5.41 Å². The van der Waals surface area contributed by atoms with Crippen molar-refractivity contribution >= 4 is 0 Å². The van der Waals surface area contributed by atoms with Gasteiger partial charge in [0.15, 0.2) is 0 Å². The summed E-state index contributed by atoms with van der Waals surface area (Å²) in [5, 5.41) is 11.9. The van der Waals surface area contributed by atoms with Crippen LogP contribution in [0.4, 0.5) is 0 Å². The zero-order valence-electron chi connectivity index (χ0n) is 9.51. The molecule has 80 valence electrons. The van der Waals surface area contributed by atoms with Gasteiger partial charge in [0.25, 0.3) is 0 Å². The Labute approximate surface area is 87.1 Å². The van der Waals surface area contributed by atoms with Crippen molar-refractivity contribution in [1.82, 2.24) is 10.2 Å². The molecule has 0 amide bonds. The Morgan fingerprint density at radius 2 is 2.07 bits per heavy atom. The second-order valence-electron chi connectivity index (χ2n) is 4.85. The van der Waals surface area contributed by atoms with Crippen LogP contribution in [-0.2, 0) is 0 Å². The Bertz CT molecular complexity index is 211. The van der Waals surface area contributed by atoms with Gasteiger partial charge in [-0.3, -0.25) is 0 Å². The molecular formula is C11H21N3. The van der Waals surface area contributed by atoms with Crippen LogP contribution in [0.3, 0.4) is 0 Å². The molecule has 1 aliphatic heterocycles. The van der Waals surface area contributed by atoms with E-state index >= 15 is 0 Å². The molecule has 0 aromatic heterocycles. The van der Waals surface area contributed by atoms with Gasteiger partial charge in [0, 0.05) is 6.54 Å². The van der Waals surface area contributed by atoms with Crippen molar-refractivity contribution in [2.45, 2.75) is 32.7 Å². The van der Waals surface area contributed by atoms with E-state index in [2.05, 4.69) is 30.3 Å². The number of rotatable bonds is 3. The van der Waals surface area contributed by atoms with Gasteiger partial charge < -0.3 is 10.2 Å². The maximum Gasteiger partial charge on any atom is 0.0924 e. The van der Waals surface area contributed by atoms with Gasteiger partial charge in [-0.05, 0) is 45.3 Å². The van der Waals surface area contributed by atoms with Crippen LogP contribution in [0.25, 0.3) is 0 Å². The number of nitriles is 1. The Kier molecular flexibility index (Phi) is 3.91. The van der Waals surface area contributed by atoms with E-state index in [1.807, 2.05) is 6.92 Å². The molecule has 1 heterocycles. The van der Waals surface area contributed by atoms with Crippen LogP contribution in [0, 0.1) is 16.7 Å². The fourth-order valence-electron chi connectivity index (χ4n) is 1.78. The van der Waals surface area contributed by atoms with Gasteiger partial charge in [-0.1, -0.05) is 6.92 Å². The van der Waals surface area contributed by atoms with E-state index < -0.39 is 0 Å². The summed E-state index contributed by atoms with van der Waals surface area (Å²) < 4.78 is 0. The standard InChI is InChI=1S/C11H21N3/c1-10(8-12)13-9-11(2)4-6-14(3)7-5-11/h10,13H,4-7,9H2,1-3H3. The molecule has 0 aromatic carbocycles. The Morgan fingerprint density at radius 3 is 2.57 bits per heavy atom. The molecule has 0 bridgehead atoms. The van der Waals surface area contributed by atoms with E-state index in [-0.39, 0.29) is 6.04 Å². The van der Waals surface area contributed by atoms with E-state index in [4.69, 9.17) is 5.26 Å². The van der Waals surface area contributed by atoms with E-state index in [0.717, 1.165) is 6.54 Å². The van der Waals surface area contributed by atoms with Gasteiger partial charge in [-0.15, -0.1) is 0 Å². The smallest absolute Gasteiger partial charge is 0.0924 e. The first-order valence-corrected chi connectivity index (χ1v) is 5.37.